The van der Waals surface area contributed by atoms with E-state index in [0.29, 0.717) is 30.1 Å². The number of hydrogen-bond acceptors (Lipinski definition) is 4. The van der Waals surface area contributed by atoms with Gasteiger partial charge < -0.3 is 21.3 Å². The normalized spacial score (nSPS) is 19.3. The van der Waals surface area contributed by atoms with Crippen LogP contribution in [0.3, 0.4) is 0 Å². The highest BCUT2D eigenvalue weighted by Crippen LogP contribution is 2.48. The standard InChI is InChI=1S/C27H29ClN4O2/c1-18(33)32-25-6-4-3-5-23(25)24(31-22-13-11-21(28)12-14-22)17-27(32,2)20-9-7-19(8-10-20)26(34)30-16-15-29/h3-14,24,31H,15-17,29H2,1-2H3,(H,30,34)/t24-,27+/m1/s1. The number of nitrogens with one attached hydrogen (secondary N) is 2. The first kappa shape index (κ1) is 23.8. The van der Waals surface area contributed by atoms with Crippen LogP contribution < -0.4 is 21.3 Å². The lowest BCUT2D eigenvalue weighted by Gasteiger charge is -2.49. The molecule has 0 saturated heterocycles. The molecule has 0 saturated carbocycles. The number of nitrogens with two attached hydrogens (primary N) is 1. The van der Waals surface area contributed by atoms with Gasteiger partial charge in [-0.2, -0.15) is 0 Å². The second-order valence-corrected chi connectivity index (χ2v) is 9.15. The molecule has 34 heavy (non-hydrogen) atoms. The number of fused-ring (bicyclic) bond motifs is 1. The molecule has 3 aromatic rings. The number of anilines is 2. The van der Waals surface area contributed by atoms with Gasteiger partial charge in [-0.3, -0.25) is 9.59 Å². The zero-order valence-corrected chi connectivity index (χ0v) is 20.1. The average Bonchev–Trinajstić information content (AvgIpc) is 2.83. The van der Waals surface area contributed by atoms with E-state index in [0.717, 1.165) is 22.5 Å². The minimum atomic E-state index is -0.628. The molecule has 0 bridgehead atoms. The van der Waals surface area contributed by atoms with Crippen molar-refractivity contribution in [2.24, 2.45) is 5.73 Å². The fraction of sp³-hybridized carbons (Fsp3) is 0.259. The zero-order chi connectivity index (χ0) is 24.3. The van der Waals surface area contributed by atoms with E-state index in [4.69, 9.17) is 17.3 Å². The smallest absolute Gasteiger partial charge is 0.251 e. The van der Waals surface area contributed by atoms with Crippen LogP contribution in [0.4, 0.5) is 11.4 Å². The van der Waals surface area contributed by atoms with Crippen molar-refractivity contribution >= 4 is 34.8 Å². The van der Waals surface area contributed by atoms with E-state index in [9.17, 15) is 9.59 Å². The van der Waals surface area contributed by atoms with Gasteiger partial charge in [-0.05, 0) is 66.9 Å². The zero-order valence-electron chi connectivity index (χ0n) is 19.3. The Bertz CT molecular complexity index is 1180. The van der Waals surface area contributed by atoms with Gasteiger partial charge in [-0.15, -0.1) is 0 Å². The molecule has 176 valence electrons. The summed E-state index contributed by atoms with van der Waals surface area (Å²) in [5, 5.41) is 7.10. The fourth-order valence-corrected chi connectivity index (χ4v) is 4.88. The minimum Gasteiger partial charge on any atom is -0.378 e. The van der Waals surface area contributed by atoms with Crippen molar-refractivity contribution in [1.82, 2.24) is 5.32 Å². The highest BCUT2D eigenvalue weighted by atomic mass is 35.5. The van der Waals surface area contributed by atoms with Crippen LogP contribution >= 0.6 is 11.6 Å². The Morgan fingerprint density at radius 2 is 1.74 bits per heavy atom. The molecule has 0 unspecified atom stereocenters. The molecule has 0 aliphatic carbocycles. The summed E-state index contributed by atoms with van der Waals surface area (Å²) in [4.78, 5) is 27.2. The number of carbonyl (C=O) groups is 2. The third kappa shape index (κ3) is 4.65. The van der Waals surface area contributed by atoms with Gasteiger partial charge in [-0.1, -0.05) is 41.9 Å². The van der Waals surface area contributed by atoms with Gasteiger partial charge in [-0.25, -0.2) is 0 Å². The number of para-hydroxylation sites is 1. The van der Waals surface area contributed by atoms with Crippen LogP contribution in [-0.2, 0) is 10.3 Å². The Morgan fingerprint density at radius 1 is 1.06 bits per heavy atom. The van der Waals surface area contributed by atoms with Gasteiger partial charge in [0.25, 0.3) is 5.91 Å². The summed E-state index contributed by atoms with van der Waals surface area (Å²) in [6, 6.07) is 23.0. The predicted octanol–water partition coefficient (Wildman–Crippen LogP) is 4.85. The summed E-state index contributed by atoms with van der Waals surface area (Å²) in [5.41, 5.74) is 9.26. The Kier molecular flexibility index (Phi) is 6.91. The van der Waals surface area contributed by atoms with Crippen molar-refractivity contribution < 1.29 is 9.59 Å². The number of hydrogen-bond donors (Lipinski definition) is 3. The van der Waals surface area contributed by atoms with Crippen LogP contribution in [0.15, 0.2) is 72.8 Å². The molecule has 4 rings (SSSR count). The molecule has 1 heterocycles. The van der Waals surface area contributed by atoms with Crippen molar-refractivity contribution in [3.8, 4) is 0 Å². The predicted molar refractivity (Wildman–Crippen MR) is 137 cm³/mol. The SMILES string of the molecule is CC(=O)N1c2ccccc2[C@H](Nc2ccc(Cl)cc2)C[C@@]1(C)c1ccc(C(=O)NCCN)cc1. The first-order valence-electron chi connectivity index (χ1n) is 11.3. The van der Waals surface area contributed by atoms with Crippen molar-refractivity contribution in [1.29, 1.82) is 0 Å². The summed E-state index contributed by atoms with van der Waals surface area (Å²) >= 11 is 6.07. The van der Waals surface area contributed by atoms with Gasteiger partial charge >= 0.3 is 0 Å². The van der Waals surface area contributed by atoms with Crippen molar-refractivity contribution in [2.45, 2.75) is 31.8 Å². The molecule has 4 N–H and O–H groups in total. The van der Waals surface area contributed by atoms with E-state index in [-0.39, 0.29) is 17.9 Å². The van der Waals surface area contributed by atoms with E-state index in [1.54, 1.807) is 19.1 Å². The Hall–Kier alpha value is -3.35. The van der Waals surface area contributed by atoms with E-state index >= 15 is 0 Å². The molecule has 7 heteroatoms. The minimum absolute atomic E-state index is 0.0366. The van der Waals surface area contributed by atoms with Crippen molar-refractivity contribution in [3.63, 3.8) is 0 Å². The molecular weight excluding hydrogens is 448 g/mol. The van der Waals surface area contributed by atoms with Gasteiger partial charge in [0.1, 0.15) is 0 Å². The maximum atomic E-state index is 13.0. The van der Waals surface area contributed by atoms with Gasteiger partial charge in [0.05, 0.1) is 11.6 Å². The summed E-state index contributed by atoms with van der Waals surface area (Å²) in [5.74, 6) is -0.202. The summed E-state index contributed by atoms with van der Waals surface area (Å²) in [6.07, 6.45) is 0.644. The molecule has 0 radical (unpaired) electrons. The Morgan fingerprint density at radius 3 is 2.38 bits per heavy atom. The van der Waals surface area contributed by atoms with Crippen LogP contribution in [0.1, 0.15) is 47.8 Å². The second-order valence-electron chi connectivity index (χ2n) is 8.72. The Labute approximate surface area is 205 Å². The molecule has 0 fully saturated rings. The quantitative estimate of drug-likeness (QED) is 0.474. The molecule has 0 aromatic heterocycles. The lowest BCUT2D eigenvalue weighted by molar-refractivity contribution is -0.118. The largest absolute Gasteiger partial charge is 0.378 e. The lowest BCUT2D eigenvalue weighted by atomic mass is 9.77. The van der Waals surface area contributed by atoms with Crippen LogP contribution in [0.5, 0.6) is 0 Å². The van der Waals surface area contributed by atoms with Crippen LogP contribution in [0.25, 0.3) is 0 Å². The van der Waals surface area contributed by atoms with Crippen LogP contribution in [-0.4, -0.2) is 24.9 Å². The van der Waals surface area contributed by atoms with E-state index in [1.165, 1.54) is 0 Å². The van der Waals surface area contributed by atoms with E-state index < -0.39 is 5.54 Å². The molecule has 1 aliphatic heterocycles. The summed E-state index contributed by atoms with van der Waals surface area (Å²) < 4.78 is 0. The van der Waals surface area contributed by atoms with E-state index in [2.05, 4.69) is 23.6 Å². The maximum absolute atomic E-state index is 13.0. The molecule has 3 aromatic carbocycles. The second kappa shape index (κ2) is 9.87. The average molecular weight is 477 g/mol. The van der Waals surface area contributed by atoms with Crippen LogP contribution in [0, 0.1) is 0 Å². The van der Waals surface area contributed by atoms with Crippen molar-refractivity contribution in [3.05, 3.63) is 94.5 Å². The molecule has 2 atom stereocenters. The molecule has 6 nitrogen and oxygen atoms in total. The summed E-state index contributed by atoms with van der Waals surface area (Å²) in [6.45, 7) is 4.48. The third-order valence-corrected chi connectivity index (χ3v) is 6.60. The van der Waals surface area contributed by atoms with Gasteiger partial charge in [0.15, 0.2) is 0 Å². The highest BCUT2D eigenvalue weighted by Gasteiger charge is 2.44. The number of amides is 2. The molecule has 0 spiro atoms. The number of rotatable bonds is 6. The first-order valence-corrected chi connectivity index (χ1v) is 11.7. The molecular formula is C27H29ClN4O2. The number of benzene rings is 3. The number of halogens is 1. The third-order valence-electron chi connectivity index (χ3n) is 6.35. The molecule has 1 aliphatic rings. The topological polar surface area (TPSA) is 87.5 Å². The van der Waals surface area contributed by atoms with Crippen molar-refractivity contribution in [2.75, 3.05) is 23.3 Å². The van der Waals surface area contributed by atoms with Crippen LogP contribution in [0.2, 0.25) is 5.02 Å². The number of nitrogens with zero attached hydrogens (tertiary/aromatic N) is 1. The number of carbonyl (C=O) groups excluding carboxylic acids is 2. The monoisotopic (exact) mass is 476 g/mol. The van der Waals surface area contributed by atoms with E-state index in [1.807, 2.05) is 59.5 Å². The van der Waals surface area contributed by atoms with Gasteiger partial charge in [0, 0.05) is 42.0 Å². The Balaban J connectivity index is 1.73. The molecule has 2 amide bonds. The highest BCUT2D eigenvalue weighted by molar-refractivity contribution is 6.30. The fourth-order valence-electron chi connectivity index (χ4n) is 4.76. The lowest BCUT2D eigenvalue weighted by Crippen LogP contribution is -2.51. The maximum Gasteiger partial charge on any atom is 0.251 e. The first-order chi connectivity index (χ1) is 16.3. The van der Waals surface area contributed by atoms with Gasteiger partial charge in [0.2, 0.25) is 5.91 Å². The summed E-state index contributed by atoms with van der Waals surface area (Å²) in [7, 11) is 0.